The van der Waals surface area contributed by atoms with Crippen LogP contribution >= 0.6 is 0 Å². The number of nitrogens with one attached hydrogen (secondary N) is 3. The molecular weight excluding hydrogens is 596 g/mol. The van der Waals surface area contributed by atoms with Gasteiger partial charge in [-0.05, 0) is 73.0 Å². The lowest BCUT2D eigenvalue weighted by molar-refractivity contribution is -0.275. The molecule has 1 aliphatic carbocycles. The first-order chi connectivity index (χ1) is 20.8. The van der Waals surface area contributed by atoms with Crippen molar-refractivity contribution in [3.05, 3.63) is 66.4 Å². The molecule has 0 radical (unpaired) electrons. The third-order valence-corrected chi connectivity index (χ3v) is 6.96. The molecule has 0 saturated heterocycles. The Morgan fingerprint density at radius 1 is 0.795 bits per heavy atom. The number of anilines is 1. The largest absolute Gasteiger partial charge is 0.573 e. The van der Waals surface area contributed by atoms with Crippen LogP contribution in [0.5, 0.6) is 11.5 Å². The summed E-state index contributed by atoms with van der Waals surface area (Å²) in [6.07, 6.45) is -4.10. The summed E-state index contributed by atoms with van der Waals surface area (Å²) in [6, 6.07) is 12.2. The van der Waals surface area contributed by atoms with Crippen molar-refractivity contribution in [2.75, 3.05) is 18.4 Å². The maximum atomic E-state index is 13.1. The van der Waals surface area contributed by atoms with Crippen molar-refractivity contribution in [2.45, 2.75) is 57.3 Å². The number of hydrogen-bond donors (Lipinski definition) is 3. The van der Waals surface area contributed by atoms with Gasteiger partial charge in [0.2, 0.25) is 5.91 Å². The minimum atomic E-state index is -4.82. The van der Waals surface area contributed by atoms with Gasteiger partial charge in [-0.15, -0.1) is 26.3 Å². The van der Waals surface area contributed by atoms with E-state index in [1.807, 2.05) is 0 Å². The fraction of sp³-hybridized carbons (Fsp3) is 0.400. The van der Waals surface area contributed by atoms with Crippen LogP contribution in [0, 0.1) is 5.92 Å². The van der Waals surface area contributed by atoms with Crippen molar-refractivity contribution >= 4 is 17.5 Å². The van der Waals surface area contributed by atoms with Gasteiger partial charge in [0.05, 0.1) is 0 Å². The topological polar surface area (TPSA) is 102 Å². The van der Waals surface area contributed by atoms with Gasteiger partial charge in [0, 0.05) is 24.3 Å². The molecule has 1 atom stereocenters. The first-order valence-electron chi connectivity index (χ1n) is 14.0. The average Bonchev–Trinajstić information content (AvgIpc) is 3.46. The van der Waals surface area contributed by atoms with Gasteiger partial charge in [-0.25, -0.2) is 0 Å². The fourth-order valence-electron chi connectivity index (χ4n) is 4.94. The first-order valence-corrected chi connectivity index (χ1v) is 14.0. The summed E-state index contributed by atoms with van der Waals surface area (Å²) in [5.41, 5.74) is 0.946. The van der Waals surface area contributed by atoms with Crippen LogP contribution in [-0.2, 0) is 4.79 Å². The van der Waals surface area contributed by atoms with E-state index in [1.54, 1.807) is 0 Å². The lowest BCUT2D eigenvalue weighted by Gasteiger charge is -2.26. The van der Waals surface area contributed by atoms with Crippen LogP contribution in [-0.4, -0.2) is 43.7 Å². The van der Waals surface area contributed by atoms with Crippen molar-refractivity contribution < 1.29 is 49.8 Å². The number of ether oxygens (including phenoxy) is 2. The molecular formula is C30H31F6N3O5. The molecule has 0 unspecified atom stereocenters. The van der Waals surface area contributed by atoms with E-state index in [1.165, 1.54) is 48.5 Å². The normalized spacial score (nSPS) is 14.9. The van der Waals surface area contributed by atoms with Crippen molar-refractivity contribution in [1.29, 1.82) is 0 Å². The lowest BCUT2D eigenvalue weighted by Crippen LogP contribution is -2.48. The van der Waals surface area contributed by atoms with Crippen molar-refractivity contribution in [1.82, 2.24) is 10.6 Å². The van der Waals surface area contributed by atoms with E-state index in [2.05, 4.69) is 25.4 Å². The van der Waals surface area contributed by atoms with Crippen molar-refractivity contribution in [3.8, 4) is 22.8 Å². The summed E-state index contributed by atoms with van der Waals surface area (Å²) >= 11 is 0. The summed E-state index contributed by atoms with van der Waals surface area (Å²) in [4.78, 5) is 26.2. The summed E-state index contributed by atoms with van der Waals surface area (Å²) in [5, 5.41) is 8.52. The van der Waals surface area contributed by atoms with Crippen LogP contribution in [0.1, 0.15) is 49.1 Å². The van der Waals surface area contributed by atoms with Gasteiger partial charge in [-0.1, -0.05) is 32.1 Å². The lowest BCUT2D eigenvalue weighted by atomic mass is 9.84. The number of alkyl halides is 6. The summed E-state index contributed by atoms with van der Waals surface area (Å²) in [6.45, 7) is 0.444. The molecule has 0 aliphatic heterocycles. The monoisotopic (exact) mass is 627 g/mol. The predicted octanol–water partition coefficient (Wildman–Crippen LogP) is 7.04. The van der Waals surface area contributed by atoms with Gasteiger partial charge in [-0.2, -0.15) is 0 Å². The van der Waals surface area contributed by atoms with Crippen LogP contribution < -0.4 is 25.4 Å². The molecule has 8 nitrogen and oxygen atoms in total. The summed E-state index contributed by atoms with van der Waals surface area (Å²) in [7, 11) is 0. The summed E-state index contributed by atoms with van der Waals surface area (Å²) in [5.74, 6) is -1.35. The Morgan fingerprint density at radius 2 is 1.39 bits per heavy atom. The number of halogens is 6. The Hall–Kier alpha value is -4.36. The van der Waals surface area contributed by atoms with Crippen LogP contribution in [0.2, 0.25) is 0 Å². The van der Waals surface area contributed by atoms with Crippen molar-refractivity contribution in [2.24, 2.45) is 5.92 Å². The molecule has 2 aromatic carbocycles. The minimum absolute atomic E-state index is 0.0725. The van der Waals surface area contributed by atoms with E-state index < -0.39 is 36.3 Å². The van der Waals surface area contributed by atoms with E-state index >= 15 is 0 Å². The minimum Gasteiger partial charge on any atom is -0.451 e. The molecule has 3 N–H and O–H groups in total. The third kappa shape index (κ3) is 10.4. The van der Waals surface area contributed by atoms with E-state index in [-0.39, 0.29) is 36.3 Å². The molecule has 3 aromatic rings. The quantitative estimate of drug-likeness (QED) is 0.147. The van der Waals surface area contributed by atoms with E-state index in [0.717, 1.165) is 44.2 Å². The van der Waals surface area contributed by atoms with Crippen LogP contribution in [0.25, 0.3) is 11.3 Å². The number of benzene rings is 2. The molecule has 238 valence electrons. The molecule has 4 rings (SSSR count). The van der Waals surface area contributed by atoms with Crippen molar-refractivity contribution in [3.63, 3.8) is 0 Å². The molecule has 1 aromatic heterocycles. The predicted molar refractivity (Wildman–Crippen MR) is 148 cm³/mol. The fourth-order valence-corrected chi connectivity index (χ4v) is 4.94. The third-order valence-electron chi connectivity index (χ3n) is 6.96. The Kier molecular flexibility index (Phi) is 10.7. The Balaban J connectivity index is 1.33. The number of furan rings is 1. The van der Waals surface area contributed by atoms with Gasteiger partial charge < -0.3 is 29.8 Å². The molecule has 1 saturated carbocycles. The Morgan fingerprint density at radius 3 is 1.98 bits per heavy atom. The Bertz CT molecular complexity index is 1370. The molecule has 1 fully saturated rings. The number of rotatable bonds is 12. The van der Waals surface area contributed by atoms with Crippen LogP contribution in [0.15, 0.2) is 65.1 Å². The van der Waals surface area contributed by atoms with Gasteiger partial charge in [0.25, 0.3) is 5.91 Å². The van der Waals surface area contributed by atoms with Crippen LogP contribution in [0.4, 0.5) is 32.0 Å². The highest BCUT2D eigenvalue weighted by Crippen LogP contribution is 2.29. The number of carbonyl (C=O) groups excluding carboxylic acids is 2. The van der Waals surface area contributed by atoms with E-state index in [4.69, 9.17) is 4.42 Å². The highest BCUT2D eigenvalue weighted by Gasteiger charge is 2.32. The summed E-state index contributed by atoms with van der Waals surface area (Å²) < 4.78 is 87.6. The van der Waals surface area contributed by atoms with Gasteiger partial charge in [0.1, 0.15) is 23.3 Å². The number of hydrogen-bond acceptors (Lipinski definition) is 6. The highest BCUT2D eigenvalue weighted by molar-refractivity contribution is 5.96. The molecule has 1 heterocycles. The second kappa shape index (κ2) is 14.4. The van der Waals surface area contributed by atoms with Gasteiger partial charge in [0.15, 0.2) is 5.76 Å². The maximum absolute atomic E-state index is 13.1. The van der Waals surface area contributed by atoms with Gasteiger partial charge in [-0.3, -0.25) is 9.59 Å². The molecule has 0 spiro atoms. The molecule has 2 amide bonds. The first kappa shape index (κ1) is 32.6. The molecule has 14 heteroatoms. The van der Waals surface area contributed by atoms with E-state index in [0.29, 0.717) is 17.7 Å². The van der Waals surface area contributed by atoms with Gasteiger partial charge >= 0.3 is 12.7 Å². The molecule has 0 bridgehead atoms. The second-order valence-corrected chi connectivity index (χ2v) is 10.3. The standard InChI is InChI=1S/C30H31F6N3O5/c31-29(32,33)43-22-10-6-20(7-11-22)25-14-15-26(42-25)28(41)39-24(18-19-4-2-1-3-5-19)27(40)38-17-16-37-21-8-12-23(13-9-21)44-30(34,35)36/h6-15,19,24,37H,1-5,16-18H2,(H,38,40)(H,39,41)/t24-/m0/s1. The zero-order chi connectivity index (χ0) is 31.7. The number of carbonyl (C=O) groups is 2. The number of amides is 2. The Labute approximate surface area is 249 Å². The zero-order valence-electron chi connectivity index (χ0n) is 23.4. The molecule has 44 heavy (non-hydrogen) atoms. The SMILES string of the molecule is O=C(N[C@@H](CC1CCCCC1)C(=O)NCCNc1ccc(OC(F)(F)F)cc1)c1ccc(-c2ccc(OC(F)(F)F)cc2)o1. The highest BCUT2D eigenvalue weighted by atomic mass is 19.4. The second-order valence-electron chi connectivity index (χ2n) is 10.3. The molecule has 1 aliphatic rings. The maximum Gasteiger partial charge on any atom is 0.573 e. The average molecular weight is 628 g/mol. The van der Waals surface area contributed by atoms with E-state index in [9.17, 15) is 35.9 Å². The smallest absolute Gasteiger partial charge is 0.451 e. The van der Waals surface area contributed by atoms with Crippen LogP contribution in [0.3, 0.4) is 0 Å². The zero-order valence-corrected chi connectivity index (χ0v) is 23.4.